The first kappa shape index (κ1) is 12.4. The fourth-order valence-corrected chi connectivity index (χ4v) is 3.25. The molecular formula is C14H27NO. The smallest absolute Gasteiger partial charge is 0.0771 e. The summed E-state index contributed by atoms with van der Waals surface area (Å²) in [6.45, 7) is 4.30. The average Bonchev–Trinajstić information content (AvgIpc) is 2.69. The van der Waals surface area contributed by atoms with Gasteiger partial charge in [-0.05, 0) is 44.1 Å². The third-order valence-electron chi connectivity index (χ3n) is 4.56. The van der Waals surface area contributed by atoms with Crippen molar-refractivity contribution in [1.29, 1.82) is 0 Å². The molecule has 2 aliphatic carbocycles. The standard InChI is InChI=1S/C14H27NO/c1-12-4-6-13(7-5-12)10-15-11-14(16)8-2-3-9-14/h12-13,15-16H,2-11H2,1H3. The van der Waals surface area contributed by atoms with E-state index >= 15 is 0 Å². The van der Waals surface area contributed by atoms with Gasteiger partial charge >= 0.3 is 0 Å². The van der Waals surface area contributed by atoms with E-state index in [0.29, 0.717) is 0 Å². The number of nitrogens with one attached hydrogen (secondary N) is 1. The van der Waals surface area contributed by atoms with Crippen LogP contribution < -0.4 is 5.32 Å². The van der Waals surface area contributed by atoms with Gasteiger partial charge in [0.1, 0.15) is 0 Å². The molecule has 0 bridgehead atoms. The summed E-state index contributed by atoms with van der Waals surface area (Å²) in [6, 6.07) is 0. The molecular weight excluding hydrogens is 198 g/mol. The Kier molecular flexibility index (Phi) is 4.26. The van der Waals surface area contributed by atoms with Crippen molar-refractivity contribution in [3.05, 3.63) is 0 Å². The van der Waals surface area contributed by atoms with E-state index in [2.05, 4.69) is 12.2 Å². The molecule has 2 fully saturated rings. The Morgan fingerprint density at radius 2 is 1.75 bits per heavy atom. The summed E-state index contributed by atoms with van der Waals surface area (Å²) in [7, 11) is 0. The van der Waals surface area contributed by atoms with Crippen LogP contribution in [0.5, 0.6) is 0 Å². The predicted molar refractivity (Wildman–Crippen MR) is 67.4 cm³/mol. The van der Waals surface area contributed by atoms with Crippen molar-refractivity contribution < 1.29 is 5.11 Å². The molecule has 2 aliphatic rings. The highest BCUT2D eigenvalue weighted by molar-refractivity contribution is 4.86. The summed E-state index contributed by atoms with van der Waals surface area (Å²) in [5.74, 6) is 1.80. The van der Waals surface area contributed by atoms with E-state index in [9.17, 15) is 5.11 Å². The zero-order valence-corrected chi connectivity index (χ0v) is 10.7. The topological polar surface area (TPSA) is 32.3 Å². The minimum absolute atomic E-state index is 0.373. The first-order valence-electron chi connectivity index (χ1n) is 7.11. The largest absolute Gasteiger partial charge is 0.389 e. The minimum Gasteiger partial charge on any atom is -0.389 e. The fraction of sp³-hybridized carbons (Fsp3) is 1.00. The lowest BCUT2D eigenvalue weighted by Crippen LogP contribution is -2.40. The molecule has 2 saturated carbocycles. The van der Waals surface area contributed by atoms with E-state index < -0.39 is 0 Å². The van der Waals surface area contributed by atoms with Crippen molar-refractivity contribution in [3.8, 4) is 0 Å². The summed E-state index contributed by atoms with van der Waals surface area (Å²) in [6.07, 6.45) is 9.98. The molecule has 0 heterocycles. The van der Waals surface area contributed by atoms with Gasteiger partial charge in [-0.3, -0.25) is 0 Å². The van der Waals surface area contributed by atoms with Crippen LogP contribution in [0.4, 0.5) is 0 Å². The molecule has 2 N–H and O–H groups in total. The second-order valence-electron chi connectivity index (χ2n) is 6.19. The summed E-state index contributed by atoms with van der Waals surface area (Å²) in [5.41, 5.74) is -0.373. The van der Waals surface area contributed by atoms with Gasteiger partial charge in [-0.2, -0.15) is 0 Å². The van der Waals surface area contributed by atoms with E-state index in [0.717, 1.165) is 37.8 Å². The highest BCUT2D eigenvalue weighted by Crippen LogP contribution is 2.30. The lowest BCUT2D eigenvalue weighted by Gasteiger charge is -2.28. The Morgan fingerprint density at radius 3 is 2.38 bits per heavy atom. The third-order valence-corrected chi connectivity index (χ3v) is 4.56. The first-order valence-corrected chi connectivity index (χ1v) is 7.11. The van der Waals surface area contributed by atoms with Crippen LogP contribution in [-0.4, -0.2) is 23.8 Å². The second kappa shape index (κ2) is 5.50. The second-order valence-corrected chi connectivity index (χ2v) is 6.19. The molecule has 0 aromatic carbocycles. The van der Waals surface area contributed by atoms with Gasteiger partial charge in [0.25, 0.3) is 0 Å². The minimum atomic E-state index is -0.373. The SMILES string of the molecule is CC1CCC(CNCC2(O)CCCC2)CC1. The summed E-state index contributed by atoms with van der Waals surface area (Å²) in [4.78, 5) is 0. The van der Waals surface area contributed by atoms with Crippen LogP contribution in [-0.2, 0) is 0 Å². The van der Waals surface area contributed by atoms with Gasteiger partial charge in [0.15, 0.2) is 0 Å². The van der Waals surface area contributed by atoms with Crippen LogP contribution in [0.3, 0.4) is 0 Å². The van der Waals surface area contributed by atoms with Gasteiger partial charge in [-0.25, -0.2) is 0 Å². The van der Waals surface area contributed by atoms with E-state index in [-0.39, 0.29) is 5.60 Å². The highest BCUT2D eigenvalue weighted by atomic mass is 16.3. The van der Waals surface area contributed by atoms with Crippen molar-refractivity contribution >= 4 is 0 Å². The van der Waals surface area contributed by atoms with Crippen LogP contribution in [0.1, 0.15) is 58.3 Å². The van der Waals surface area contributed by atoms with Gasteiger partial charge in [0.2, 0.25) is 0 Å². The van der Waals surface area contributed by atoms with Gasteiger partial charge in [0, 0.05) is 6.54 Å². The fourth-order valence-electron chi connectivity index (χ4n) is 3.25. The number of hydrogen-bond acceptors (Lipinski definition) is 2. The maximum atomic E-state index is 10.2. The predicted octanol–water partition coefficient (Wildman–Crippen LogP) is 2.71. The van der Waals surface area contributed by atoms with Gasteiger partial charge < -0.3 is 10.4 Å². The maximum Gasteiger partial charge on any atom is 0.0771 e. The lowest BCUT2D eigenvalue weighted by atomic mass is 9.83. The molecule has 0 aromatic rings. The molecule has 0 aromatic heterocycles. The zero-order valence-electron chi connectivity index (χ0n) is 10.7. The number of rotatable bonds is 4. The Bertz CT molecular complexity index is 203. The molecule has 0 aliphatic heterocycles. The normalized spacial score (nSPS) is 34.1. The van der Waals surface area contributed by atoms with Crippen molar-refractivity contribution in [2.75, 3.05) is 13.1 Å². The Morgan fingerprint density at radius 1 is 1.12 bits per heavy atom. The maximum absolute atomic E-state index is 10.2. The van der Waals surface area contributed by atoms with E-state index in [1.165, 1.54) is 38.5 Å². The molecule has 2 nitrogen and oxygen atoms in total. The molecule has 0 radical (unpaired) electrons. The molecule has 2 rings (SSSR count). The van der Waals surface area contributed by atoms with Gasteiger partial charge in [-0.1, -0.05) is 32.6 Å². The third kappa shape index (κ3) is 3.46. The van der Waals surface area contributed by atoms with Crippen LogP contribution in [0, 0.1) is 11.8 Å². The molecule has 94 valence electrons. The summed E-state index contributed by atoms with van der Waals surface area (Å²) < 4.78 is 0. The number of aliphatic hydroxyl groups is 1. The molecule has 0 amide bonds. The van der Waals surface area contributed by atoms with Crippen LogP contribution in [0.25, 0.3) is 0 Å². The van der Waals surface area contributed by atoms with E-state index in [1.807, 2.05) is 0 Å². The first-order chi connectivity index (χ1) is 7.68. The Labute approximate surface area is 99.8 Å². The lowest BCUT2D eigenvalue weighted by molar-refractivity contribution is 0.0462. The highest BCUT2D eigenvalue weighted by Gasteiger charge is 2.30. The van der Waals surface area contributed by atoms with Crippen molar-refractivity contribution in [1.82, 2.24) is 5.32 Å². The zero-order chi connectivity index (χ0) is 11.4. The van der Waals surface area contributed by atoms with Crippen LogP contribution in [0.2, 0.25) is 0 Å². The monoisotopic (exact) mass is 225 g/mol. The number of hydrogen-bond donors (Lipinski definition) is 2. The summed E-state index contributed by atoms with van der Waals surface area (Å²) in [5, 5.41) is 13.7. The molecule has 0 unspecified atom stereocenters. The quantitative estimate of drug-likeness (QED) is 0.771. The van der Waals surface area contributed by atoms with Crippen molar-refractivity contribution in [2.45, 2.75) is 63.9 Å². The molecule has 0 atom stereocenters. The Balaban J connectivity index is 1.61. The molecule has 0 spiro atoms. The van der Waals surface area contributed by atoms with Gasteiger partial charge in [-0.15, -0.1) is 0 Å². The molecule has 2 heteroatoms. The summed E-state index contributed by atoms with van der Waals surface area (Å²) >= 11 is 0. The van der Waals surface area contributed by atoms with Gasteiger partial charge in [0.05, 0.1) is 5.60 Å². The van der Waals surface area contributed by atoms with Crippen LogP contribution in [0.15, 0.2) is 0 Å². The molecule has 16 heavy (non-hydrogen) atoms. The molecule has 0 saturated heterocycles. The van der Waals surface area contributed by atoms with E-state index in [4.69, 9.17) is 0 Å². The van der Waals surface area contributed by atoms with Crippen molar-refractivity contribution in [3.63, 3.8) is 0 Å². The Hall–Kier alpha value is -0.0800. The van der Waals surface area contributed by atoms with Crippen molar-refractivity contribution in [2.24, 2.45) is 11.8 Å². The van der Waals surface area contributed by atoms with E-state index in [1.54, 1.807) is 0 Å². The average molecular weight is 225 g/mol. The van der Waals surface area contributed by atoms with Crippen LogP contribution >= 0.6 is 0 Å².